The molecule has 0 aliphatic carbocycles. The van der Waals surface area contributed by atoms with Crippen molar-refractivity contribution in [3.05, 3.63) is 104 Å². The predicted octanol–water partition coefficient (Wildman–Crippen LogP) is 5.78. The van der Waals surface area contributed by atoms with E-state index in [9.17, 15) is 13.2 Å². The second-order valence-electron chi connectivity index (χ2n) is 7.81. The minimum Gasteiger partial charge on any atom is -0.271 e. The molecule has 0 unspecified atom stereocenters. The smallest absolute Gasteiger partial charge is 0.271 e. The third-order valence-electron chi connectivity index (χ3n) is 5.84. The molecule has 2 atom stereocenters. The summed E-state index contributed by atoms with van der Waals surface area (Å²) in [4.78, 5) is 13.9. The minimum atomic E-state index is -4.10. The van der Waals surface area contributed by atoms with Gasteiger partial charge in [0.2, 0.25) is 0 Å². The average molecular weight is 574 g/mol. The van der Waals surface area contributed by atoms with Gasteiger partial charge in [0.25, 0.3) is 15.9 Å². The lowest BCUT2D eigenvalue weighted by Crippen LogP contribution is -2.42. The van der Waals surface area contributed by atoms with E-state index in [-0.39, 0.29) is 4.90 Å². The minimum absolute atomic E-state index is 0.0834. The van der Waals surface area contributed by atoms with Crippen LogP contribution in [0.3, 0.4) is 0 Å². The van der Waals surface area contributed by atoms with Gasteiger partial charge in [-0.25, -0.2) is 0 Å². The van der Waals surface area contributed by atoms with Crippen LogP contribution >= 0.6 is 31.9 Å². The molecule has 2 aliphatic heterocycles. The Balaban J connectivity index is 1.70. The molecule has 3 aromatic carbocycles. The Morgan fingerprint density at radius 3 is 2.28 bits per heavy atom. The Hall–Kier alpha value is -2.42. The van der Waals surface area contributed by atoms with Gasteiger partial charge in [0, 0.05) is 15.1 Å². The van der Waals surface area contributed by atoms with Crippen molar-refractivity contribution in [3.63, 3.8) is 0 Å². The first-order chi connectivity index (χ1) is 15.3. The van der Waals surface area contributed by atoms with Crippen LogP contribution in [0.5, 0.6) is 0 Å². The molecule has 0 saturated carbocycles. The fourth-order valence-electron chi connectivity index (χ4n) is 4.29. The second kappa shape index (κ2) is 7.86. The van der Waals surface area contributed by atoms with E-state index >= 15 is 0 Å². The Bertz CT molecular complexity index is 1350. The van der Waals surface area contributed by atoms with Gasteiger partial charge in [-0.15, -0.1) is 4.41 Å². The lowest BCUT2D eigenvalue weighted by molar-refractivity contribution is -0.128. The van der Waals surface area contributed by atoms with E-state index in [1.165, 1.54) is 12.1 Å². The molecule has 0 N–H and O–H groups in total. The third-order valence-corrected chi connectivity index (χ3v) is 8.75. The van der Waals surface area contributed by atoms with Crippen molar-refractivity contribution in [2.45, 2.75) is 23.8 Å². The Labute approximate surface area is 203 Å². The SMILES string of the molecule is Cc1ccc(S(=O)(=O)N2C(=O)[C@H](c3ccc(Br)cc3)[C@H]3c4cccc(Br)c4C=CN32)cc1. The standard InChI is InChI=1S/C24H18Br2N2O3S/c1-15-5-11-18(12-6-15)32(30,31)28-24(29)22(16-7-9-17(25)10-8-16)23-20-3-2-4-21(26)19(20)13-14-27(23)28/h2-14,22-23H,1H3/t22-,23-/m1/s1. The van der Waals surface area contributed by atoms with E-state index in [2.05, 4.69) is 31.9 Å². The lowest BCUT2D eigenvalue weighted by atomic mass is 9.84. The summed E-state index contributed by atoms with van der Waals surface area (Å²) in [7, 11) is -4.10. The zero-order valence-corrected chi connectivity index (χ0v) is 20.9. The molecule has 3 aromatic rings. The maximum absolute atomic E-state index is 13.8. The molecule has 32 heavy (non-hydrogen) atoms. The number of hydrogen-bond donors (Lipinski definition) is 0. The van der Waals surface area contributed by atoms with Gasteiger partial charge in [-0.2, -0.15) is 8.42 Å². The van der Waals surface area contributed by atoms with Crippen molar-refractivity contribution in [1.29, 1.82) is 0 Å². The van der Waals surface area contributed by atoms with Crippen LogP contribution in [0, 0.1) is 6.92 Å². The zero-order valence-electron chi connectivity index (χ0n) is 16.9. The number of aryl methyl sites for hydroxylation is 1. The number of carbonyl (C=O) groups excluding carboxylic acids is 1. The molecule has 2 aliphatic rings. The van der Waals surface area contributed by atoms with Gasteiger partial charge in [-0.05, 0) is 60.0 Å². The molecular formula is C24H18Br2N2O3S. The fraction of sp³-hybridized carbons (Fsp3) is 0.125. The van der Waals surface area contributed by atoms with Gasteiger partial charge in [-0.1, -0.05) is 73.8 Å². The number of nitrogens with zero attached hydrogens (tertiary/aromatic N) is 2. The molecule has 0 spiro atoms. The number of halogens is 2. The molecule has 162 valence electrons. The van der Waals surface area contributed by atoms with Gasteiger partial charge in [-0.3, -0.25) is 9.80 Å². The lowest BCUT2D eigenvalue weighted by Gasteiger charge is -2.34. The highest BCUT2D eigenvalue weighted by molar-refractivity contribution is 9.10. The number of fused-ring (bicyclic) bond motifs is 3. The Kier molecular flexibility index (Phi) is 5.27. The summed E-state index contributed by atoms with van der Waals surface area (Å²) < 4.78 is 30.0. The van der Waals surface area contributed by atoms with E-state index in [1.54, 1.807) is 23.3 Å². The number of carbonyl (C=O) groups is 1. The number of amides is 1. The topological polar surface area (TPSA) is 57.7 Å². The first kappa shape index (κ1) is 21.4. The summed E-state index contributed by atoms with van der Waals surface area (Å²) in [5.41, 5.74) is 3.54. The Morgan fingerprint density at radius 1 is 0.906 bits per heavy atom. The molecule has 1 amide bonds. The molecule has 1 fully saturated rings. The average Bonchev–Trinajstić information content (AvgIpc) is 3.08. The molecule has 1 saturated heterocycles. The summed E-state index contributed by atoms with van der Waals surface area (Å²) in [6.45, 7) is 1.89. The molecule has 0 bridgehead atoms. The summed E-state index contributed by atoms with van der Waals surface area (Å²) in [5.74, 6) is -1.16. The van der Waals surface area contributed by atoms with Crippen LogP contribution < -0.4 is 0 Å². The van der Waals surface area contributed by atoms with E-state index in [0.717, 1.165) is 35.6 Å². The molecule has 0 radical (unpaired) electrons. The van der Waals surface area contributed by atoms with E-state index in [0.29, 0.717) is 0 Å². The van der Waals surface area contributed by atoms with Crippen LogP contribution in [0.2, 0.25) is 0 Å². The van der Waals surface area contributed by atoms with Crippen LogP contribution in [0.4, 0.5) is 0 Å². The van der Waals surface area contributed by atoms with E-state index in [4.69, 9.17) is 0 Å². The number of benzene rings is 3. The number of sulfonamides is 1. The highest BCUT2D eigenvalue weighted by Gasteiger charge is 2.53. The summed E-state index contributed by atoms with van der Waals surface area (Å²) >= 11 is 7.02. The van der Waals surface area contributed by atoms with Gasteiger partial charge in [0.1, 0.15) is 0 Å². The summed E-state index contributed by atoms with van der Waals surface area (Å²) in [6, 6.07) is 19.3. The number of hydrazine groups is 1. The molecule has 0 aromatic heterocycles. The molecule has 5 nitrogen and oxygen atoms in total. The largest absolute Gasteiger partial charge is 0.284 e. The highest BCUT2D eigenvalue weighted by atomic mass is 79.9. The molecule has 5 rings (SSSR count). The van der Waals surface area contributed by atoms with Crippen molar-refractivity contribution in [2.24, 2.45) is 0 Å². The fourth-order valence-corrected chi connectivity index (χ4v) is 6.51. The van der Waals surface area contributed by atoms with Crippen molar-refractivity contribution in [1.82, 2.24) is 9.42 Å². The van der Waals surface area contributed by atoms with E-state index in [1.807, 2.05) is 55.5 Å². The second-order valence-corrected chi connectivity index (χ2v) is 11.3. The first-order valence-corrected chi connectivity index (χ1v) is 13.0. The molecule has 2 heterocycles. The van der Waals surface area contributed by atoms with Crippen molar-refractivity contribution >= 4 is 53.9 Å². The van der Waals surface area contributed by atoms with Crippen LogP contribution in [-0.4, -0.2) is 23.7 Å². The van der Waals surface area contributed by atoms with Crippen molar-refractivity contribution in [2.75, 3.05) is 0 Å². The highest BCUT2D eigenvalue weighted by Crippen LogP contribution is 2.50. The molecular weight excluding hydrogens is 556 g/mol. The van der Waals surface area contributed by atoms with Crippen LogP contribution in [0.15, 0.2) is 86.8 Å². The summed E-state index contributed by atoms with van der Waals surface area (Å²) in [6.07, 6.45) is 3.52. The van der Waals surface area contributed by atoms with Crippen LogP contribution in [0.25, 0.3) is 6.08 Å². The van der Waals surface area contributed by atoms with Gasteiger partial charge in [0.15, 0.2) is 0 Å². The maximum atomic E-state index is 13.8. The third kappa shape index (κ3) is 3.32. The van der Waals surface area contributed by atoms with Crippen LogP contribution in [-0.2, 0) is 14.8 Å². The number of hydrogen-bond acceptors (Lipinski definition) is 4. The quantitative estimate of drug-likeness (QED) is 0.399. The Morgan fingerprint density at radius 2 is 1.59 bits per heavy atom. The van der Waals surface area contributed by atoms with Crippen LogP contribution in [0.1, 0.15) is 34.2 Å². The predicted molar refractivity (Wildman–Crippen MR) is 130 cm³/mol. The van der Waals surface area contributed by atoms with Gasteiger partial charge >= 0.3 is 0 Å². The van der Waals surface area contributed by atoms with Gasteiger partial charge in [0.05, 0.1) is 16.9 Å². The number of rotatable bonds is 3. The van der Waals surface area contributed by atoms with Gasteiger partial charge < -0.3 is 0 Å². The molecule has 8 heteroatoms. The van der Waals surface area contributed by atoms with Crippen molar-refractivity contribution in [3.8, 4) is 0 Å². The zero-order chi connectivity index (χ0) is 22.6. The normalized spacial score (nSPS) is 19.8. The monoisotopic (exact) mass is 572 g/mol. The summed E-state index contributed by atoms with van der Waals surface area (Å²) in [5, 5.41) is 1.55. The van der Waals surface area contributed by atoms with E-state index < -0.39 is 27.9 Å². The first-order valence-electron chi connectivity index (χ1n) is 9.95. The van der Waals surface area contributed by atoms with Crippen molar-refractivity contribution < 1.29 is 13.2 Å². The maximum Gasteiger partial charge on any atom is 0.284 e.